The number of pyridine rings is 1. The molecule has 0 radical (unpaired) electrons. The Kier molecular flexibility index (Phi) is 4.58. The maximum Gasteiger partial charge on any atom is 0.307 e. The molecule has 6 heteroatoms. The first-order chi connectivity index (χ1) is 10.7. The van der Waals surface area contributed by atoms with Crippen LogP contribution in [0.15, 0.2) is 36.5 Å². The number of carbonyl (C=O) groups excluding carboxylic acids is 2. The van der Waals surface area contributed by atoms with Crippen molar-refractivity contribution in [3.05, 3.63) is 42.1 Å². The van der Waals surface area contributed by atoms with Crippen molar-refractivity contribution in [2.45, 2.75) is 13.0 Å². The first-order valence-corrected chi connectivity index (χ1v) is 8.12. The predicted molar refractivity (Wildman–Crippen MR) is 85.6 cm³/mol. The van der Waals surface area contributed by atoms with E-state index < -0.39 is 0 Å². The summed E-state index contributed by atoms with van der Waals surface area (Å²) in [6.07, 6.45) is 1.95. The van der Waals surface area contributed by atoms with E-state index in [0.29, 0.717) is 13.1 Å². The molecule has 0 bridgehead atoms. The zero-order valence-electron chi connectivity index (χ0n) is 12.0. The quantitative estimate of drug-likeness (QED) is 0.794. The largest absolute Gasteiger partial charge is 0.461 e. The van der Waals surface area contributed by atoms with E-state index in [9.17, 15) is 9.59 Å². The summed E-state index contributed by atoms with van der Waals surface area (Å²) < 4.78 is 5.31. The van der Waals surface area contributed by atoms with Crippen molar-refractivity contribution in [3.63, 3.8) is 0 Å². The van der Waals surface area contributed by atoms with Gasteiger partial charge in [-0.25, -0.2) is 0 Å². The van der Waals surface area contributed by atoms with Crippen LogP contribution in [0.25, 0.3) is 10.9 Å². The van der Waals surface area contributed by atoms with Crippen LogP contribution in [-0.4, -0.2) is 39.9 Å². The molecule has 2 aromatic rings. The number of rotatable bonds is 5. The number of amides is 1. The molecule has 22 heavy (non-hydrogen) atoms. The third-order valence-electron chi connectivity index (χ3n) is 3.54. The molecule has 0 saturated carbocycles. The summed E-state index contributed by atoms with van der Waals surface area (Å²) in [4.78, 5) is 29.3. The van der Waals surface area contributed by atoms with Crippen LogP contribution in [0.2, 0.25) is 0 Å². The van der Waals surface area contributed by atoms with Crippen molar-refractivity contribution in [2.75, 3.05) is 18.8 Å². The molecule has 114 valence electrons. The summed E-state index contributed by atoms with van der Waals surface area (Å²) in [5.74, 6) is 0.507. The monoisotopic (exact) mass is 316 g/mol. The summed E-state index contributed by atoms with van der Waals surface area (Å²) >= 11 is 1.30. The highest BCUT2D eigenvalue weighted by molar-refractivity contribution is 8.13. The minimum absolute atomic E-state index is 0.0473. The number of hydrogen-bond donors (Lipinski definition) is 0. The van der Waals surface area contributed by atoms with Gasteiger partial charge in [0.05, 0.1) is 11.9 Å². The lowest BCUT2D eigenvalue weighted by Crippen LogP contribution is -2.26. The molecular weight excluding hydrogens is 300 g/mol. The number of ether oxygens (including phenoxy) is 1. The molecule has 1 aliphatic rings. The maximum atomic E-state index is 11.8. The molecule has 2 heterocycles. The van der Waals surface area contributed by atoms with E-state index in [2.05, 4.69) is 4.98 Å². The van der Waals surface area contributed by atoms with Crippen LogP contribution in [0, 0.1) is 0 Å². The molecule has 1 aliphatic heterocycles. The van der Waals surface area contributed by atoms with Gasteiger partial charge in [0.15, 0.2) is 0 Å². The second kappa shape index (κ2) is 6.79. The second-order valence-electron chi connectivity index (χ2n) is 5.00. The normalized spacial score (nSPS) is 14.5. The molecule has 5 nitrogen and oxygen atoms in total. The number of esters is 1. The van der Waals surface area contributed by atoms with Crippen LogP contribution in [0.4, 0.5) is 4.79 Å². The van der Waals surface area contributed by atoms with Gasteiger partial charge in [-0.1, -0.05) is 36.0 Å². The van der Waals surface area contributed by atoms with Crippen molar-refractivity contribution in [1.82, 2.24) is 9.88 Å². The summed E-state index contributed by atoms with van der Waals surface area (Å²) in [6.45, 7) is 1.35. The predicted octanol–water partition coefficient (Wildman–Crippen LogP) is 2.84. The van der Waals surface area contributed by atoms with Gasteiger partial charge in [-0.15, -0.1) is 0 Å². The van der Waals surface area contributed by atoms with Crippen LogP contribution >= 0.6 is 11.8 Å². The Morgan fingerprint density at radius 1 is 1.32 bits per heavy atom. The molecule has 1 amide bonds. The summed E-state index contributed by atoms with van der Waals surface area (Å²) in [5, 5.41) is 1.07. The van der Waals surface area contributed by atoms with Gasteiger partial charge in [0.1, 0.15) is 6.61 Å². The molecule has 0 spiro atoms. The Hall–Kier alpha value is -2.08. The lowest BCUT2D eigenvalue weighted by Gasteiger charge is -2.13. The topological polar surface area (TPSA) is 59.5 Å². The van der Waals surface area contributed by atoms with Crippen LogP contribution < -0.4 is 0 Å². The fraction of sp³-hybridized carbons (Fsp3) is 0.312. The lowest BCUT2D eigenvalue weighted by atomic mass is 10.1. The minimum atomic E-state index is -0.294. The Bertz CT molecular complexity index is 699. The first-order valence-electron chi connectivity index (χ1n) is 7.14. The van der Waals surface area contributed by atoms with E-state index >= 15 is 0 Å². The number of benzene rings is 1. The fourth-order valence-electron chi connectivity index (χ4n) is 2.37. The van der Waals surface area contributed by atoms with Gasteiger partial charge < -0.3 is 9.64 Å². The highest BCUT2D eigenvalue weighted by Crippen LogP contribution is 2.18. The smallest absolute Gasteiger partial charge is 0.307 e. The molecule has 1 fully saturated rings. The molecular formula is C16H16N2O3S. The molecule has 0 N–H and O–H groups in total. The summed E-state index contributed by atoms with van der Waals surface area (Å²) in [7, 11) is 0. The van der Waals surface area contributed by atoms with Gasteiger partial charge in [0.25, 0.3) is 5.24 Å². The maximum absolute atomic E-state index is 11.8. The van der Waals surface area contributed by atoms with Gasteiger partial charge >= 0.3 is 5.97 Å². The molecule has 1 saturated heterocycles. The van der Waals surface area contributed by atoms with Crippen LogP contribution in [-0.2, 0) is 16.1 Å². The number of nitrogens with zero attached hydrogens (tertiary/aromatic N) is 2. The molecule has 1 aromatic carbocycles. The zero-order chi connectivity index (χ0) is 15.4. The van der Waals surface area contributed by atoms with E-state index in [1.165, 1.54) is 11.8 Å². The molecule has 0 atom stereocenters. The Labute approximate surface area is 132 Å². The van der Waals surface area contributed by atoms with E-state index in [-0.39, 0.29) is 24.2 Å². The van der Waals surface area contributed by atoms with Crippen molar-refractivity contribution in [2.24, 2.45) is 0 Å². The molecule has 1 aromatic heterocycles. The molecule has 0 unspecified atom stereocenters. The lowest BCUT2D eigenvalue weighted by molar-refractivity contribution is -0.145. The third-order valence-corrected chi connectivity index (χ3v) is 4.43. The number of para-hydroxylation sites is 1. The first kappa shape index (κ1) is 14.8. The minimum Gasteiger partial charge on any atom is -0.461 e. The summed E-state index contributed by atoms with van der Waals surface area (Å²) in [6, 6.07) is 9.66. The van der Waals surface area contributed by atoms with Crippen LogP contribution in [0.3, 0.4) is 0 Å². The van der Waals surface area contributed by atoms with E-state index in [0.717, 1.165) is 22.2 Å². The number of thioether (sulfide) groups is 1. The number of fused-ring (bicyclic) bond motifs is 1. The molecule has 3 rings (SSSR count). The summed E-state index contributed by atoms with van der Waals surface area (Å²) in [5.41, 5.74) is 1.74. The Morgan fingerprint density at radius 2 is 2.18 bits per heavy atom. The molecule has 0 aliphatic carbocycles. The van der Waals surface area contributed by atoms with Crippen molar-refractivity contribution < 1.29 is 14.3 Å². The van der Waals surface area contributed by atoms with Gasteiger partial charge in [-0.05, 0) is 6.07 Å². The van der Waals surface area contributed by atoms with E-state index in [1.54, 1.807) is 11.1 Å². The van der Waals surface area contributed by atoms with Crippen molar-refractivity contribution in [1.29, 1.82) is 0 Å². The average Bonchev–Trinajstić information content (AvgIpc) is 2.96. The zero-order valence-corrected chi connectivity index (χ0v) is 12.8. The number of aromatic nitrogens is 1. The SMILES string of the molecule is O=C(CCN1CCSC1=O)OCc1cccc2cccnc12. The van der Waals surface area contributed by atoms with Crippen molar-refractivity contribution >= 4 is 33.9 Å². The van der Waals surface area contributed by atoms with Gasteiger partial charge in [0.2, 0.25) is 0 Å². The average molecular weight is 316 g/mol. The fourth-order valence-corrected chi connectivity index (χ4v) is 3.22. The van der Waals surface area contributed by atoms with E-state index in [4.69, 9.17) is 4.74 Å². The Morgan fingerprint density at radius 3 is 3.00 bits per heavy atom. The Balaban J connectivity index is 1.55. The highest BCUT2D eigenvalue weighted by atomic mass is 32.2. The van der Waals surface area contributed by atoms with Crippen LogP contribution in [0.1, 0.15) is 12.0 Å². The third kappa shape index (κ3) is 3.39. The second-order valence-corrected chi connectivity index (χ2v) is 6.05. The number of carbonyl (C=O) groups is 2. The van der Waals surface area contributed by atoms with Gasteiger partial charge in [-0.3, -0.25) is 14.6 Å². The van der Waals surface area contributed by atoms with Crippen LogP contribution in [0.5, 0.6) is 0 Å². The standard InChI is InChI=1S/C16H16N2O3S/c19-14(6-8-18-9-10-22-16(18)20)21-11-13-4-1-3-12-5-2-7-17-15(12)13/h1-5,7H,6,8-11H2. The highest BCUT2D eigenvalue weighted by Gasteiger charge is 2.21. The van der Waals surface area contributed by atoms with Crippen molar-refractivity contribution in [3.8, 4) is 0 Å². The van der Waals surface area contributed by atoms with Gasteiger partial charge in [-0.2, -0.15) is 0 Å². The van der Waals surface area contributed by atoms with E-state index in [1.807, 2.05) is 30.3 Å². The van der Waals surface area contributed by atoms with Gasteiger partial charge in [0, 0.05) is 36.0 Å². The number of hydrogen-bond acceptors (Lipinski definition) is 5.